The predicted molar refractivity (Wildman–Crippen MR) is 70.8 cm³/mol. The van der Waals surface area contributed by atoms with Crippen molar-refractivity contribution in [1.29, 1.82) is 0 Å². The highest BCUT2D eigenvalue weighted by atomic mass is 35.5. The molecule has 0 N–H and O–H groups in total. The van der Waals surface area contributed by atoms with Crippen LogP contribution in [0.25, 0.3) is 0 Å². The molecule has 1 fully saturated rings. The van der Waals surface area contributed by atoms with Crippen LogP contribution < -0.4 is 0 Å². The van der Waals surface area contributed by atoms with Gasteiger partial charge in [-0.15, -0.1) is 0 Å². The number of amides is 1. The van der Waals surface area contributed by atoms with Crippen molar-refractivity contribution in [2.45, 2.75) is 25.7 Å². The van der Waals surface area contributed by atoms with Crippen molar-refractivity contribution in [1.82, 2.24) is 4.90 Å². The van der Waals surface area contributed by atoms with E-state index < -0.39 is 0 Å². The van der Waals surface area contributed by atoms with E-state index in [4.69, 9.17) is 23.2 Å². The second-order valence-electron chi connectivity index (χ2n) is 4.34. The van der Waals surface area contributed by atoms with Gasteiger partial charge in [0.1, 0.15) is 0 Å². The first-order valence-corrected chi connectivity index (χ1v) is 6.68. The van der Waals surface area contributed by atoms with Crippen molar-refractivity contribution >= 4 is 29.1 Å². The van der Waals surface area contributed by atoms with Gasteiger partial charge in [-0.25, -0.2) is 0 Å². The standard InChI is InChI=1S/C13H15Cl2NO/c14-11-6-5-10(9-12(11)15)13(17)16-7-3-1-2-4-8-16/h5-6,9H,1-4,7-8H2. The van der Waals surface area contributed by atoms with E-state index in [1.807, 2.05) is 4.90 Å². The van der Waals surface area contributed by atoms with Crippen LogP contribution in [0.1, 0.15) is 36.0 Å². The maximum Gasteiger partial charge on any atom is 0.253 e. The van der Waals surface area contributed by atoms with Crippen LogP contribution in [0.5, 0.6) is 0 Å². The van der Waals surface area contributed by atoms with Gasteiger partial charge in [0.25, 0.3) is 5.91 Å². The van der Waals surface area contributed by atoms with Crippen molar-refractivity contribution in [3.8, 4) is 0 Å². The smallest absolute Gasteiger partial charge is 0.253 e. The summed E-state index contributed by atoms with van der Waals surface area (Å²) in [7, 11) is 0. The fourth-order valence-corrected chi connectivity index (χ4v) is 2.38. The van der Waals surface area contributed by atoms with Crippen LogP contribution in [0.15, 0.2) is 18.2 Å². The Morgan fingerprint density at radius 2 is 1.65 bits per heavy atom. The Bertz CT molecular complexity index is 412. The van der Waals surface area contributed by atoms with Gasteiger partial charge in [0, 0.05) is 18.7 Å². The third-order valence-electron chi connectivity index (χ3n) is 3.06. The largest absolute Gasteiger partial charge is 0.339 e. The molecule has 0 saturated carbocycles. The maximum absolute atomic E-state index is 12.2. The van der Waals surface area contributed by atoms with E-state index in [2.05, 4.69) is 0 Å². The Hall–Kier alpha value is -0.730. The molecule has 17 heavy (non-hydrogen) atoms. The number of hydrogen-bond donors (Lipinski definition) is 0. The zero-order valence-electron chi connectivity index (χ0n) is 9.59. The lowest BCUT2D eigenvalue weighted by atomic mass is 10.2. The zero-order valence-corrected chi connectivity index (χ0v) is 11.1. The SMILES string of the molecule is O=C(c1ccc(Cl)c(Cl)c1)N1CCCCCC1. The van der Waals surface area contributed by atoms with E-state index in [1.54, 1.807) is 18.2 Å². The number of carbonyl (C=O) groups is 1. The predicted octanol–water partition coefficient (Wildman–Crippen LogP) is 4.01. The van der Waals surface area contributed by atoms with Crippen LogP contribution >= 0.6 is 23.2 Å². The molecule has 0 spiro atoms. The average molecular weight is 272 g/mol. The summed E-state index contributed by atoms with van der Waals surface area (Å²) in [5.74, 6) is 0.0606. The summed E-state index contributed by atoms with van der Waals surface area (Å²) in [6.45, 7) is 1.69. The van der Waals surface area contributed by atoms with Crippen LogP contribution in [0.4, 0.5) is 0 Å². The van der Waals surface area contributed by atoms with Gasteiger partial charge in [-0.05, 0) is 31.0 Å². The van der Waals surface area contributed by atoms with E-state index in [1.165, 1.54) is 12.8 Å². The van der Waals surface area contributed by atoms with E-state index in [0.717, 1.165) is 25.9 Å². The molecule has 1 saturated heterocycles. The molecule has 2 rings (SSSR count). The lowest BCUT2D eigenvalue weighted by Gasteiger charge is -2.20. The van der Waals surface area contributed by atoms with Gasteiger partial charge in [0.2, 0.25) is 0 Å². The Morgan fingerprint density at radius 3 is 2.24 bits per heavy atom. The second-order valence-corrected chi connectivity index (χ2v) is 5.15. The molecule has 0 aliphatic carbocycles. The Balaban J connectivity index is 2.14. The number of nitrogens with zero attached hydrogens (tertiary/aromatic N) is 1. The summed E-state index contributed by atoms with van der Waals surface area (Å²) in [6, 6.07) is 5.06. The summed E-state index contributed by atoms with van der Waals surface area (Å²) in [4.78, 5) is 14.1. The van der Waals surface area contributed by atoms with Gasteiger partial charge in [-0.1, -0.05) is 36.0 Å². The molecule has 0 unspecified atom stereocenters. The number of carbonyl (C=O) groups excluding carboxylic acids is 1. The van der Waals surface area contributed by atoms with Crippen molar-refractivity contribution in [3.63, 3.8) is 0 Å². The molecule has 1 aliphatic rings. The molecule has 1 aliphatic heterocycles. The van der Waals surface area contributed by atoms with Crippen molar-refractivity contribution in [3.05, 3.63) is 33.8 Å². The third kappa shape index (κ3) is 3.14. The summed E-state index contributed by atoms with van der Waals surface area (Å²) in [5.41, 5.74) is 0.626. The molecule has 1 heterocycles. The highest BCUT2D eigenvalue weighted by Gasteiger charge is 2.17. The van der Waals surface area contributed by atoms with Crippen LogP contribution in [0.2, 0.25) is 10.0 Å². The average Bonchev–Trinajstić information content (AvgIpc) is 2.60. The Kier molecular flexibility index (Phi) is 4.30. The summed E-state index contributed by atoms with van der Waals surface area (Å²) >= 11 is 11.8. The summed E-state index contributed by atoms with van der Waals surface area (Å²) in [6.07, 6.45) is 4.61. The normalized spacial score (nSPS) is 16.7. The molecule has 0 aromatic heterocycles. The van der Waals surface area contributed by atoms with E-state index >= 15 is 0 Å². The van der Waals surface area contributed by atoms with Gasteiger partial charge < -0.3 is 4.90 Å². The molecule has 0 bridgehead atoms. The first-order chi connectivity index (χ1) is 8.18. The van der Waals surface area contributed by atoms with Crippen LogP contribution in [-0.2, 0) is 0 Å². The number of benzene rings is 1. The molecule has 0 atom stereocenters. The Morgan fingerprint density at radius 1 is 1.00 bits per heavy atom. The number of hydrogen-bond acceptors (Lipinski definition) is 1. The molecule has 1 aromatic carbocycles. The molecule has 1 aromatic rings. The van der Waals surface area contributed by atoms with Crippen LogP contribution in [0.3, 0.4) is 0 Å². The minimum atomic E-state index is 0.0606. The first-order valence-electron chi connectivity index (χ1n) is 5.93. The monoisotopic (exact) mass is 271 g/mol. The van der Waals surface area contributed by atoms with Crippen molar-refractivity contribution in [2.24, 2.45) is 0 Å². The van der Waals surface area contributed by atoms with Gasteiger partial charge in [-0.2, -0.15) is 0 Å². The van der Waals surface area contributed by atoms with Gasteiger partial charge in [0.15, 0.2) is 0 Å². The minimum absolute atomic E-state index is 0.0606. The molecule has 92 valence electrons. The number of likely N-dealkylation sites (tertiary alicyclic amines) is 1. The van der Waals surface area contributed by atoms with Crippen LogP contribution in [0, 0.1) is 0 Å². The third-order valence-corrected chi connectivity index (χ3v) is 3.80. The second kappa shape index (κ2) is 5.74. The summed E-state index contributed by atoms with van der Waals surface area (Å²) in [5, 5.41) is 0.923. The molecular formula is C13H15Cl2NO. The lowest BCUT2D eigenvalue weighted by Crippen LogP contribution is -2.31. The van der Waals surface area contributed by atoms with E-state index in [0.29, 0.717) is 15.6 Å². The lowest BCUT2D eigenvalue weighted by molar-refractivity contribution is 0.0761. The zero-order chi connectivity index (χ0) is 12.3. The topological polar surface area (TPSA) is 20.3 Å². The highest BCUT2D eigenvalue weighted by molar-refractivity contribution is 6.42. The van der Waals surface area contributed by atoms with Crippen molar-refractivity contribution in [2.75, 3.05) is 13.1 Å². The van der Waals surface area contributed by atoms with Crippen molar-refractivity contribution < 1.29 is 4.79 Å². The Labute approximate surface area is 112 Å². The molecule has 1 amide bonds. The highest BCUT2D eigenvalue weighted by Crippen LogP contribution is 2.23. The fourth-order valence-electron chi connectivity index (χ4n) is 2.09. The molecular weight excluding hydrogens is 257 g/mol. The maximum atomic E-state index is 12.2. The molecule has 2 nitrogen and oxygen atoms in total. The van der Waals surface area contributed by atoms with E-state index in [-0.39, 0.29) is 5.91 Å². The molecule has 0 radical (unpaired) electrons. The number of rotatable bonds is 1. The van der Waals surface area contributed by atoms with Gasteiger partial charge in [-0.3, -0.25) is 4.79 Å². The van der Waals surface area contributed by atoms with E-state index in [9.17, 15) is 4.79 Å². The first kappa shape index (κ1) is 12.7. The van der Waals surface area contributed by atoms with Gasteiger partial charge in [0.05, 0.1) is 10.0 Å². The minimum Gasteiger partial charge on any atom is -0.339 e. The van der Waals surface area contributed by atoms with Crippen LogP contribution in [-0.4, -0.2) is 23.9 Å². The summed E-state index contributed by atoms with van der Waals surface area (Å²) < 4.78 is 0. The number of halogens is 2. The quantitative estimate of drug-likeness (QED) is 0.756. The van der Waals surface area contributed by atoms with Gasteiger partial charge >= 0.3 is 0 Å². The fraction of sp³-hybridized carbons (Fsp3) is 0.462. The molecule has 4 heteroatoms.